The molecule has 2 heteroatoms. The van der Waals surface area contributed by atoms with Crippen LogP contribution in [-0.4, -0.2) is 12.6 Å². The first-order valence-corrected chi connectivity index (χ1v) is 3.93. The van der Waals surface area contributed by atoms with Gasteiger partial charge in [0.2, 0.25) is 0 Å². The van der Waals surface area contributed by atoms with Gasteiger partial charge in [0.25, 0.3) is 0 Å². The van der Waals surface area contributed by atoms with Crippen LogP contribution in [0.3, 0.4) is 0 Å². The third-order valence-electron chi connectivity index (χ3n) is 1.10. The van der Waals surface area contributed by atoms with Crippen LogP contribution in [0.15, 0.2) is 12.2 Å². The lowest BCUT2D eigenvalue weighted by Gasteiger charge is -2.04. The molecule has 0 bridgehead atoms. The molecule has 0 atom stereocenters. The van der Waals surface area contributed by atoms with Gasteiger partial charge in [-0.05, 0) is 12.8 Å². The van der Waals surface area contributed by atoms with Gasteiger partial charge in [0.1, 0.15) is 0 Å². The minimum atomic E-state index is -0.142. The fourth-order valence-electron chi connectivity index (χ4n) is 0.533. The third-order valence-corrected chi connectivity index (χ3v) is 1.10. The molecule has 0 heterocycles. The van der Waals surface area contributed by atoms with Crippen molar-refractivity contribution in [2.45, 2.75) is 27.2 Å². The van der Waals surface area contributed by atoms with Crippen molar-refractivity contribution in [3.8, 4) is 0 Å². The summed E-state index contributed by atoms with van der Waals surface area (Å²) in [5.41, 5.74) is 0. The van der Waals surface area contributed by atoms with Gasteiger partial charge in [0, 0.05) is 0 Å². The van der Waals surface area contributed by atoms with Crippen LogP contribution in [0.4, 0.5) is 0 Å². The molecule has 0 saturated carbocycles. The highest BCUT2D eigenvalue weighted by Gasteiger charge is 2.00. The highest BCUT2D eigenvalue weighted by molar-refractivity contribution is 5.71. The zero-order valence-electron chi connectivity index (χ0n) is 7.46. The van der Waals surface area contributed by atoms with E-state index in [2.05, 4.69) is 0 Å². The Morgan fingerprint density at radius 1 is 1.55 bits per heavy atom. The van der Waals surface area contributed by atoms with Crippen LogP contribution in [0.2, 0.25) is 0 Å². The van der Waals surface area contributed by atoms with E-state index in [0.29, 0.717) is 18.9 Å². The average molecular weight is 156 g/mol. The predicted molar refractivity (Wildman–Crippen MR) is 45.2 cm³/mol. The summed E-state index contributed by atoms with van der Waals surface area (Å²) in [6.45, 7) is 6.44. The quantitative estimate of drug-likeness (QED) is 0.460. The predicted octanol–water partition coefficient (Wildman–Crippen LogP) is 2.15. The molecule has 0 unspecified atom stereocenters. The van der Waals surface area contributed by atoms with Crippen LogP contribution in [0, 0.1) is 5.92 Å². The van der Waals surface area contributed by atoms with Gasteiger partial charge >= 0.3 is 5.97 Å². The molecular formula is C9H16O2. The van der Waals surface area contributed by atoms with E-state index in [9.17, 15) is 4.79 Å². The van der Waals surface area contributed by atoms with Crippen LogP contribution in [0.5, 0.6) is 0 Å². The summed E-state index contributed by atoms with van der Waals surface area (Å²) < 4.78 is 4.92. The van der Waals surface area contributed by atoms with Gasteiger partial charge in [-0.1, -0.05) is 26.0 Å². The Morgan fingerprint density at radius 2 is 2.18 bits per heavy atom. The van der Waals surface area contributed by atoms with E-state index in [1.165, 1.54) is 0 Å². The van der Waals surface area contributed by atoms with Gasteiger partial charge in [-0.25, -0.2) is 0 Å². The van der Waals surface area contributed by atoms with E-state index in [4.69, 9.17) is 4.74 Å². The van der Waals surface area contributed by atoms with Crippen LogP contribution in [-0.2, 0) is 9.53 Å². The summed E-state index contributed by atoms with van der Waals surface area (Å²) in [6, 6.07) is 0. The molecule has 0 spiro atoms. The Labute approximate surface area is 68.2 Å². The number of esters is 1. The molecular weight excluding hydrogens is 140 g/mol. The Morgan fingerprint density at radius 3 is 2.64 bits per heavy atom. The van der Waals surface area contributed by atoms with Crippen molar-refractivity contribution in [1.82, 2.24) is 0 Å². The summed E-state index contributed by atoms with van der Waals surface area (Å²) in [5.74, 6) is 0.279. The second-order valence-electron chi connectivity index (χ2n) is 2.85. The molecule has 64 valence electrons. The minimum absolute atomic E-state index is 0.142. The van der Waals surface area contributed by atoms with Crippen molar-refractivity contribution >= 4 is 5.97 Å². The fraction of sp³-hybridized carbons (Fsp3) is 0.667. The SMILES string of the molecule is C/C=C/CC(=O)OCC(C)C. The molecule has 0 N–H and O–H groups in total. The smallest absolute Gasteiger partial charge is 0.309 e. The lowest BCUT2D eigenvalue weighted by atomic mass is 10.2. The van der Waals surface area contributed by atoms with Gasteiger partial charge < -0.3 is 4.74 Å². The topological polar surface area (TPSA) is 26.3 Å². The average Bonchev–Trinajstić information content (AvgIpc) is 1.97. The molecule has 0 radical (unpaired) electrons. The second kappa shape index (κ2) is 5.96. The van der Waals surface area contributed by atoms with Crippen LogP contribution in [0.1, 0.15) is 27.2 Å². The Bertz CT molecular complexity index is 136. The summed E-state index contributed by atoms with van der Waals surface area (Å²) in [6.07, 6.45) is 4.03. The molecule has 0 aromatic heterocycles. The van der Waals surface area contributed by atoms with Crippen molar-refractivity contribution in [3.05, 3.63) is 12.2 Å². The number of hydrogen-bond donors (Lipinski definition) is 0. The van der Waals surface area contributed by atoms with Gasteiger partial charge in [-0.3, -0.25) is 4.79 Å². The molecule has 2 nitrogen and oxygen atoms in total. The van der Waals surface area contributed by atoms with Gasteiger partial charge in [0.05, 0.1) is 13.0 Å². The Balaban J connectivity index is 3.37. The van der Waals surface area contributed by atoms with E-state index in [0.717, 1.165) is 0 Å². The molecule has 0 amide bonds. The van der Waals surface area contributed by atoms with Crippen LogP contribution in [0.25, 0.3) is 0 Å². The van der Waals surface area contributed by atoms with E-state index in [1.807, 2.05) is 26.8 Å². The lowest BCUT2D eigenvalue weighted by Crippen LogP contribution is -2.08. The highest BCUT2D eigenvalue weighted by Crippen LogP contribution is 1.95. The number of ether oxygens (including phenoxy) is 1. The van der Waals surface area contributed by atoms with E-state index >= 15 is 0 Å². The zero-order valence-corrected chi connectivity index (χ0v) is 7.46. The number of carbonyl (C=O) groups is 1. The molecule has 0 fully saturated rings. The van der Waals surface area contributed by atoms with E-state index in [-0.39, 0.29) is 5.97 Å². The summed E-state index contributed by atoms with van der Waals surface area (Å²) in [4.78, 5) is 10.8. The van der Waals surface area contributed by atoms with Crippen molar-refractivity contribution < 1.29 is 9.53 Å². The van der Waals surface area contributed by atoms with E-state index in [1.54, 1.807) is 6.08 Å². The summed E-state index contributed by atoms with van der Waals surface area (Å²) in [5, 5.41) is 0. The van der Waals surface area contributed by atoms with Crippen molar-refractivity contribution in [3.63, 3.8) is 0 Å². The first-order chi connectivity index (χ1) is 5.16. The Hall–Kier alpha value is -0.790. The van der Waals surface area contributed by atoms with Crippen LogP contribution >= 0.6 is 0 Å². The number of hydrogen-bond acceptors (Lipinski definition) is 2. The maximum absolute atomic E-state index is 10.8. The first kappa shape index (κ1) is 10.2. The first-order valence-electron chi connectivity index (χ1n) is 3.93. The molecule has 0 aliphatic heterocycles. The number of allylic oxidation sites excluding steroid dienone is 1. The van der Waals surface area contributed by atoms with Gasteiger partial charge in [-0.2, -0.15) is 0 Å². The Kier molecular flexibility index (Phi) is 5.53. The standard InChI is InChI=1S/C9H16O2/c1-4-5-6-9(10)11-7-8(2)3/h4-5,8H,6-7H2,1-3H3/b5-4+. The van der Waals surface area contributed by atoms with Gasteiger partial charge in [0.15, 0.2) is 0 Å². The number of rotatable bonds is 4. The van der Waals surface area contributed by atoms with Crippen molar-refractivity contribution in [1.29, 1.82) is 0 Å². The molecule has 0 aliphatic carbocycles. The molecule has 0 aromatic rings. The second-order valence-corrected chi connectivity index (χ2v) is 2.85. The molecule has 0 rings (SSSR count). The molecule has 11 heavy (non-hydrogen) atoms. The van der Waals surface area contributed by atoms with Crippen LogP contribution < -0.4 is 0 Å². The summed E-state index contributed by atoms with van der Waals surface area (Å²) >= 11 is 0. The number of carbonyl (C=O) groups excluding carboxylic acids is 1. The zero-order chi connectivity index (χ0) is 8.69. The highest BCUT2D eigenvalue weighted by atomic mass is 16.5. The van der Waals surface area contributed by atoms with Gasteiger partial charge in [-0.15, -0.1) is 0 Å². The lowest BCUT2D eigenvalue weighted by molar-refractivity contribution is -0.143. The minimum Gasteiger partial charge on any atom is -0.465 e. The molecule has 0 aromatic carbocycles. The normalized spacial score (nSPS) is 10.9. The maximum Gasteiger partial charge on any atom is 0.309 e. The monoisotopic (exact) mass is 156 g/mol. The van der Waals surface area contributed by atoms with E-state index < -0.39 is 0 Å². The van der Waals surface area contributed by atoms with Crippen molar-refractivity contribution in [2.24, 2.45) is 5.92 Å². The fourth-order valence-corrected chi connectivity index (χ4v) is 0.533. The summed E-state index contributed by atoms with van der Waals surface area (Å²) in [7, 11) is 0. The third kappa shape index (κ3) is 7.10. The molecule has 0 aliphatic rings. The molecule has 0 saturated heterocycles. The van der Waals surface area contributed by atoms with Crippen molar-refractivity contribution in [2.75, 3.05) is 6.61 Å². The maximum atomic E-state index is 10.8. The largest absolute Gasteiger partial charge is 0.465 e.